The number of hydrogen-bond acceptors (Lipinski definition) is 3. The van der Waals surface area contributed by atoms with Gasteiger partial charge in [-0.2, -0.15) is 0 Å². The SMILES string of the molecule is C(=C\O/C=C/Cc1ccco1)/Cc1ccco1. The van der Waals surface area contributed by atoms with Crippen LogP contribution in [-0.2, 0) is 17.6 Å². The zero-order chi connectivity index (χ0) is 11.8. The third kappa shape index (κ3) is 4.07. The molecule has 0 aliphatic carbocycles. The van der Waals surface area contributed by atoms with E-state index in [9.17, 15) is 0 Å². The second kappa shape index (κ2) is 6.43. The van der Waals surface area contributed by atoms with Gasteiger partial charge in [0, 0.05) is 12.8 Å². The highest BCUT2D eigenvalue weighted by Crippen LogP contribution is 2.02. The monoisotopic (exact) mass is 230 g/mol. The Bertz CT molecular complexity index is 405. The van der Waals surface area contributed by atoms with E-state index >= 15 is 0 Å². The van der Waals surface area contributed by atoms with Crippen LogP contribution >= 0.6 is 0 Å². The maximum Gasteiger partial charge on any atom is 0.107 e. The smallest absolute Gasteiger partial charge is 0.107 e. The molecule has 0 atom stereocenters. The average Bonchev–Trinajstić information content (AvgIpc) is 3.00. The predicted molar refractivity (Wildman–Crippen MR) is 64.2 cm³/mol. The number of rotatable bonds is 6. The van der Waals surface area contributed by atoms with Crippen molar-refractivity contribution in [2.45, 2.75) is 12.8 Å². The molecule has 3 nitrogen and oxygen atoms in total. The Morgan fingerprint density at radius 2 is 1.41 bits per heavy atom. The molecular formula is C14H14O3. The normalized spacial score (nSPS) is 11.5. The van der Waals surface area contributed by atoms with Crippen LogP contribution in [0.2, 0.25) is 0 Å². The molecule has 0 radical (unpaired) electrons. The quantitative estimate of drug-likeness (QED) is 0.710. The third-order valence-electron chi connectivity index (χ3n) is 2.15. The Morgan fingerprint density at radius 3 is 1.82 bits per heavy atom. The van der Waals surface area contributed by atoms with E-state index < -0.39 is 0 Å². The van der Waals surface area contributed by atoms with Crippen LogP contribution in [0.25, 0.3) is 0 Å². The van der Waals surface area contributed by atoms with Gasteiger partial charge in [0.1, 0.15) is 11.5 Å². The fraction of sp³-hybridized carbons (Fsp3) is 0.143. The summed E-state index contributed by atoms with van der Waals surface area (Å²) in [5.74, 6) is 1.84. The molecule has 0 aliphatic heterocycles. The number of allylic oxidation sites excluding steroid dienone is 2. The molecule has 3 heteroatoms. The van der Waals surface area contributed by atoms with Crippen molar-refractivity contribution in [2.75, 3.05) is 0 Å². The van der Waals surface area contributed by atoms with E-state index in [0.29, 0.717) is 0 Å². The molecule has 2 aromatic heterocycles. The second-order valence-electron chi connectivity index (χ2n) is 3.45. The highest BCUT2D eigenvalue weighted by Gasteiger charge is 1.90. The Labute approximate surface area is 100 Å². The highest BCUT2D eigenvalue weighted by atomic mass is 16.5. The Hall–Kier alpha value is -2.16. The number of ether oxygens (including phenoxy) is 1. The number of hydrogen-bond donors (Lipinski definition) is 0. The molecule has 2 rings (SSSR count). The van der Waals surface area contributed by atoms with E-state index in [-0.39, 0.29) is 0 Å². The van der Waals surface area contributed by atoms with Gasteiger partial charge in [0.2, 0.25) is 0 Å². The topological polar surface area (TPSA) is 35.5 Å². The minimum atomic E-state index is 0.735. The maximum absolute atomic E-state index is 5.19. The van der Waals surface area contributed by atoms with Gasteiger partial charge >= 0.3 is 0 Å². The van der Waals surface area contributed by atoms with Gasteiger partial charge < -0.3 is 13.6 Å². The van der Waals surface area contributed by atoms with E-state index in [0.717, 1.165) is 24.4 Å². The van der Waals surface area contributed by atoms with Gasteiger partial charge in [-0.3, -0.25) is 0 Å². The first kappa shape index (κ1) is 11.3. The summed E-state index contributed by atoms with van der Waals surface area (Å²) in [5, 5.41) is 0. The van der Waals surface area contributed by atoms with Crippen molar-refractivity contribution in [2.24, 2.45) is 0 Å². The molecule has 0 amide bonds. The Balaban J connectivity index is 1.62. The van der Waals surface area contributed by atoms with Gasteiger partial charge in [-0.05, 0) is 36.4 Å². The molecule has 17 heavy (non-hydrogen) atoms. The first-order valence-electron chi connectivity index (χ1n) is 5.45. The van der Waals surface area contributed by atoms with Gasteiger partial charge in [-0.25, -0.2) is 0 Å². The van der Waals surface area contributed by atoms with Crippen LogP contribution in [0.1, 0.15) is 11.5 Å². The molecule has 0 bridgehead atoms. The van der Waals surface area contributed by atoms with E-state index in [1.54, 1.807) is 25.1 Å². The molecule has 2 heterocycles. The summed E-state index contributed by atoms with van der Waals surface area (Å²) in [7, 11) is 0. The zero-order valence-corrected chi connectivity index (χ0v) is 9.41. The predicted octanol–water partition coefficient (Wildman–Crippen LogP) is 3.70. The summed E-state index contributed by atoms with van der Waals surface area (Å²) in [6.07, 6.45) is 11.9. The third-order valence-corrected chi connectivity index (χ3v) is 2.15. The summed E-state index contributed by atoms with van der Waals surface area (Å²) in [6, 6.07) is 7.59. The van der Waals surface area contributed by atoms with Crippen molar-refractivity contribution in [3.63, 3.8) is 0 Å². The lowest BCUT2D eigenvalue weighted by Gasteiger charge is -1.90. The van der Waals surface area contributed by atoms with Gasteiger partial charge in [0.15, 0.2) is 0 Å². The fourth-order valence-electron chi connectivity index (χ4n) is 1.34. The van der Waals surface area contributed by atoms with E-state index in [1.165, 1.54) is 0 Å². The number of furan rings is 2. The summed E-state index contributed by atoms with van der Waals surface area (Å²) < 4.78 is 15.5. The summed E-state index contributed by atoms with van der Waals surface area (Å²) in [6.45, 7) is 0. The Morgan fingerprint density at radius 1 is 0.882 bits per heavy atom. The minimum Gasteiger partial charge on any atom is -0.473 e. The van der Waals surface area contributed by atoms with Crippen molar-refractivity contribution in [3.05, 3.63) is 73.0 Å². The molecule has 0 saturated heterocycles. The lowest BCUT2D eigenvalue weighted by molar-refractivity contribution is 0.397. The molecule has 0 N–H and O–H groups in total. The van der Waals surface area contributed by atoms with Gasteiger partial charge in [-0.1, -0.05) is 0 Å². The maximum atomic E-state index is 5.19. The molecular weight excluding hydrogens is 216 g/mol. The first-order valence-corrected chi connectivity index (χ1v) is 5.45. The molecule has 0 fully saturated rings. The van der Waals surface area contributed by atoms with E-state index in [4.69, 9.17) is 13.6 Å². The second-order valence-corrected chi connectivity index (χ2v) is 3.45. The summed E-state index contributed by atoms with van der Waals surface area (Å²) >= 11 is 0. The first-order chi connectivity index (χ1) is 8.45. The molecule has 0 saturated carbocycles. The molecule has 0 unspecified atom stereocenters. The molecule has 88 valence electrons. The van der Waals surface area contributed by atoms with Crippen molar-refractivity contribution in [1.82, 2.24) is 0 Å². The molecule has 0 aliphatic rings. The minimum absolute atomic E-state index is 0.735. The largest absolute Gasteiger partial charge is 0.473 e. The van der Waals surface area contributed by atoms with Crippen LogP contribution in [-0.4, -0.2) is 0 Å². The lowest BCUT2D eigenvalue weighted by Crippen LogP contribution is -1.76. The highest BCUT2D eigenvalue weighted by molar-refractivity contribution is 5.04. The van der Waals surface area contributed by atoms with Gasteiger partial charge in [-0.15, -0.1) is 0 Å². The van der Waals surface area contributed by atoms with E-state index in [1.807, 2.05) is 36.4 Å². The van der Waals surface area contributed by atoms with Crippen molar-refractivity contribution in [3.8, 4) is 0 Å². The Kier molecular flexibility index (Phi) is 4.28. The van der Waals surface area contributed by atoms with Crippen molar-refractivity contribution >= 4 is 0 Å². The van der Waals surface area contributed by atoms with Crippen LogP contribution in [0.4, 0.5) is 0 Å². The molecule has 0 aromatic carbocycles. The summed E-state index contributed by atoms with van der Waals surface area (Å²) in [4.78, 5) is 0. The van der Waals surface area contributed by atoms with Crippen LogP contribution in [0, 0.1) is 0 Å². The fourth-order valence-corrected chi connectivity index (χ4v) is 1.34. The summed E-state index contributed by atoms with van der Waals surface area (Å²) in [5.41, 5.74) is 0. The van der Waals surface area contributed by atoms with Gasteiger partial charge in [0.05, 0.1) is 25.1 Å². The van der Waals surface area contributed by atoms with Crippen LogP contribution in [0.3, 0.4) is 0 Å². The molecule has 0 spiro atoms. The lowest BCUT2D eigenvalue weighted by atomic mass is 10.3. The average molecular weight is 230 g/mol. The van der Waals surface area contributed by atoms with Gasteiger partial charge in [0.25, 0.3) is 0 Å². The standard InChI is InChI=1S/C14H14O3/c1(5-13-7-3-11-16-13)9-15-10-2-6-14-8-4-12-17-14/h1-4,7-12H,5-6H2/b9-1+,10-2+. The van der Waals surface area contributed by atoms with Crippen LogP contribution in [0.5, 0.6) is 0 Å². The van der Waals surface area contributed by atoms with Crippen molar-refractivity contribution in [1.29, 1.82) is 0 Å². The zero-order valence-electron chi connectivity index (χ0n) is 9.41. The van der Waals surface area contributed by atoms with E-state index in [2.05, 4.69) is 0 Å². The van der Waals surface area contributed by atoms with Crippen LogP contribution < -0.4 is 0 Å². The van der Waals surface area contributed by atoms with Crippen molar-refractivity contribution < 1.29 is 13.6 Å². The van der Waals surface area contributed by atoms with Crippen LogP contribution in [0.15, 0.2) is 70.3 Å². The molecule has 2 aromatic rings.